The number of hydrogen-bond donors (Lipinski definition) is 1. The van der Waals surface area contributed by atoms with Crippen molar-refractivity contribution in [3.05, 3.63) is 30.1 Å². The second-order valence-corrected chi connectivity index (χ2v) is 8.20. The van der Waals surface area contributed by atoms with Crippen molar-refractivity contribution in [1.29, 1.82) is 0 Å². The zero-order valence-corrected chi connectivity index (χ0v) is 21.5. The van der Waals surface area contributed by atoms with Crippen LogP contribution >= 0.6 is 24.0 Å². The molecule has 9 heteroatoms. The van der Waals surface area contributed by atoms with Crippen LogP contribution in [0.5, 0.6) is 0 Å². The fourth-order valence-electron chi connectivity index (χ4n) is 4.43. The number of aliphatic imine (C=N–C) groups is 1. The molecule has 1 N–H and O–H groups in total. The summed E-state index contributed by atoms with van der Waals surface area (Å²) in [6.07, 6.45) is 2.57. The van der Waals surface area contributed by atoms with Gasteiger partial charge in [-0.3, -0.25) is 9.79 Å². The lowest BCUT2D eigenvalue weighted by Crippen LogP contribution is -2.55. The number of rotatable bonds is 6. The number of ether oxygens (including phenoxy) is 1. The molecule has 2 saturated heterocycles. The van der Waals surface area contributed by atoms with E-state index in [-0.39, 0.29) is 36.0 Å². The molecule has 0 bridgehead atoms. The number of aryl methyl sites for hydroxylation is 2. The lowest BCUT2D eigenvalue weighted by Gasteiger charge is -2.37. The Bertz CT molecular complexity index is 916. The van der Waals surface area contributed by atoms with Gasteiger partial charge in [-0.2, -0.15) is 0 Å². The highest BCUT2D eigenvalue weighted by Gasteiger charge is 2.30. The SMILES string of the molecule is CCNC(=NCCCn1c(C)nc2ccccc21)N1CCN(C(=O)C2CCCO2)CC1.I. The molecule has 2 aromatic rings. The van der Waals surface area contributed by atoms with Gasteiger partial charge < -0.3 is 24.4 Å². The maximum Gasteiger partial charge on any atom is 0.251 e. The van der Waals surface area contributed by atoms with E-state index < -0.39 is 0 Å². The van der Waals surface area contributed by atoms with E-state index >= 15 is 0 Å². The molecule has 0 spiro atoms. The highest BCUT2D eigenvalue weighted by atomic mass is 127. The normalized spacial score (nSPS) is 19.3. The zero-order valence-electron chi connectivity index (χ0n) is 19.1. The first-order valence-corrected chi connectivity index (χ1v) is 11.5. The smallest absolute Gasteiger partial charge is 0.251 e. The summed E-state index contributed by atoms with van der Waals surface area (Å²) < 4.78 is 7.84. The molecule has 32 heavy (non-hydrogen) atoms. The number of aromatic nitrogens is 2. The third kappa shape index (κ3) is 5.72. The largest absolute Gasteiger partial charge is 0.368 e. The monoisotopic (exact) mass is 554 g/mol. The molecular formula is C23H35IN6O2. The summed E-state index contributed by atoms with van der Waals surface area (Å²) in [4.78, 5) is 26.3. The van der Waals surface area contributed by atoms with E-state index in [9.17, 15) is 4.79 Å². The molecule has 0 radical (unpaired) electrons. The summed E-state index contributed by atoms with van der Waals surface area (Å²) in [5, 5.41) is 3.41. The van der Waals surface area contributed by atoms with Crippen LogP contribution in [0.25, 0.3) is 11.0 Å². The Labute approximate surface area is 207 Å². The number of halogens is 1. The lowest BCUT2D eigenvalue weighted by atomic mass is 10.2. The van der Waals surface area contributed by atoms with Crippen molar-refractivity contribution in [3.8, 4) is 0 Å². The minimum absolute atomic E-state index is 0. The summed E-state index contributed by atoms with van der Waals surface area (Å²) >= 11 is 0. The molecular weight excluding hydrogens is 519 g/mol. The highest BCUT2D eigenvalue weighted by Crippen LogP contribution is 2.17. The Balaban J connectivity index is 0.00000289. The second-order valence-electron chi connectivity index (χ2n) is 8.20. The number of para-hydroxylation sites is 2. The molecule has 1 unspecified atom stereocenters. The number of piperazine rings is 1. The van der Waals surface area contributed by atoms with Crippen molar-refractivity contribution in [2.24, 2.45) is 4.99 Å². The number of carbonyl (C=O) groups is 1. The number of fused-ring (bicyclic) bond motifs is 1. The van der Waals surface area contributed by atoms with Crippen LogP contribution in [0.3, 0.4) is 0 Å². The summed E-state index contributed by atoms with van der Waals surface area (Å²) in [7, 11) is 0. The van der Waals surface area contributed by atoms with Crippen LogP contribution < -0.4 is 5.32 Å². The number of carbonyl (C=O) groups excluding carboxylic acids is 1. The molecule has 3 heterocycles. The maximum atomic E-state index is 12.6. The number of benzene rings is 1. The fraction of sp³-hybridized carbons (Fsp3) is 0.609. The molecule has 4 rings (SSSR count). The number of guanidine groups is 1. The third-order valence-corrected chi connectivity index (χ3v) is 6.08. The first-order chi connectivity index (χ1) is 15.2. The number of nitrogens with one attached hydrogen (secondary N) is 1. The van der Waals surface area contributed by atoms with Crippen LogP contribution in [0.1, 0.15) is 32.0 Å². The number of amides is 1. The Hall–Kier alpha value is -1.88. The molecule has 2 fully saturated rings. The molecule has 1 aromatic heterocycles. The standard InChI is InChI=1S/C23H34N6O2.HI/c1-3-24-23(28-15-13-27(14-16-28)22(30)21-10-6-17-31-21)25-11-7-12-29-18(2)26-19-8-4-5-9-20(19)29;/h4-5,8-9,21H,3,6-7,10-17H2,1-2H3,(H,24,25);1H. The fourth-order valence-corrected chi connectivity index (χ4v) is 4.43. The molecule has 2 aliphatic heterocycles. The molecule has 1 aromatic carbocycles. The first kappa shape index (κ1) is 24.8. The van der Waals surface area contributed by atoms with Gasteiger partial charge in [0.05, 0.1) is 11.0 Å². The zero-order chi connectivity index (χ0) is 21.6. The van der Waals surface area contributed by atoms with Crippen molar-refractivity contribution >= 4 is 46.9 Å². The molecule has 8 nitrogen and oxygen atoms in total. The van der Waals surface area contributed by atoms with Gasteiger partial charge in [0.1, 0.15) is 11.9 Å². The van der Waals surface area contributed by atoms with Crippen LogP contribution in [-0.4, -0.2) is 83.2 Å². The van der Waals surface area contributed by atoms with Crippen LogP contribution in [0.2, 0.25) is 0 Å². The molecule has 0 saturated carbocycles. The van der Waals surface area contributed by atoms with Gasteiger partial charge in [0.25, 0.3) is 5.91 Å². The Morgan fingerprint density at radius 1 is 1.22 bits per heavy atom. The van der Waals surface area contributed by atoms with Crippen molar-refractivity contribution < 1.29 is 9.53 Å². The van der Waals surface area contributed by atoms with Crippen LogP contribution in [0, 0.1) is 6.92 Å². The molecule has 0 aliphatic carbocycles. The van der Waals surface area contributed by atoms with Crippen molar-refractivity contribution in [3.63, 3.8) is 0 Å². The van der Waals surface area contributed by atoms with Crippen LogP contribution in [0.4, 0.5) is 0 Å². The molecule has 2 aliphatic rings. The molecule has 1 atom stereocenters. The quantitative estimate of drug-likeness (QED) is 0.257. The minimum atomic E-state index is -0.226. The second kappa shape index (κ2) is 11.8. The van der Waals surface area contributed by atoms with Crippen molar-refractivity contribution in [2.45, 2.75) is 45.8 Å². The van der Waals surface area contributed by atoms with Gasteiger partial charge in [-0.15, -0.1) is 24.0 Å². The predicted octanol–water partition coefficient (Wildman–Crippen LogP) is 2.64. The Morgan fingerprint density at radius 3 is 2.69 bits per heavy atom. The van der Waals surface area contributed by atoms with E-state index in [0.717, 1.165) is 82.4 Å². The highest BCUT2D eigenvalue weighted by molar-refractivity contribution is 14.0. The van der Waals surface area contributed by atoms with E-state index in [0.29, 0.717) is 6.61 Å². The predicted molar refractivity (Wildman–Crippen MR) is 138 cm³/mol. The molecule has 176 valence electrons. The minimum Gasteiger partial charge on any atom is -0.368 e. The average Bonchev–Trinajstić information content (AvgIpc) is 3.43. The lowest BCUT2D eigenvalue weighted by molar-refractivity contribution is -0.142. The number of imidazole rings is 1. The Kier molecular flexibility index (Phi) is 9.15. The third-order valence-electron chi connectivity index (χ3n) is 6.08. The molecule has 1 amide bonds. The number of hydrogen-bond acceptors (Lipinski definition) is 4. The summed E-state index contributed by atoms with van der Waals surface area (Å²) in [6.45, 7) is 10.4. The van der Waals surface area contributed by atoms with Gasteiger partial charge >= 0.3 is 0 Å². The summed E-state index contributed by atoms with van der Waals surface area (Å²) in [5.74, 6) is 2.14. The van der Waals surface area contributed by atoms with Crippen LogP contribution in [-0.2, 0) is 16.1 Å². The summed E-state index contributed by atoms with van der Waals surface area (Å²) in [5.41, 5.74) is 2.23. The number of nitrogens with zero attached hydrogens (tertiary/aromatic N) is 5. The van der Waals surface area contributed by atoms with Crippen molar-refractivity contribution in [2.75, 3.05) is 45.9 Å². The van der Waals surface area contributed by atoms with Crippen LogP contribution in [0.15, 0.2) is 29.3 Å². The van der Waals surface area contributed by atoms with E-state index in [1.54, 1.807) is 0 Å². The van der Waals surface area contributed by atoms with Gasteiger partial charge in [0.2, 0.25) is 0 Å². The van der Waals surface area contributed by atoms with Gasteiger partial charge in [0, 0.05) is 52.4 Å². The van der Waals surface area contributed by atoms with Gasteiger partial charge in [-0.1, -0.05) is 12.1 Å². The van der Waals surface area contributed by atoms with E-state index in [1.165, 1.54) is 5.52 Å². The average molecular weight is 554 g/mol. The van der Waals surface area contributed by atoms with Gasteiger partial charge in [-0.25, -0.2) is 4.98 Å². The van der Waals surface area contributed by atoms with E-state index in [2.05, 4.69) is 51.8 Å². The Morgan fingerprint density at radius 2 is 1.97 bits per heavy atom. The topological polar surface area (TPSA) is 75.0 Å². The van der Waals surface area contributed by atoms with Gasteiger partial charge in [0.15, 0.2) is 5.96 Å². The van der Waals surface area contributed by atoms with Crippen molar-refractivity contribution in [1.82, 2.24) is 24.7 Å². The summed E-state index contributed by atoms with van der Waals surface area (Å²) in [6, 6.07) is 8.27. The van der Waals surface area contributed by atoms with E-state index in [4.69, 9.17) is 9.73 Å². The maximum absolute atomic E-state index is 12.6. The first-order valence-electron chi connectivity index (χ1n) is 11.5. The van der Waals surface area contributed by atoms with E-state index in [1.807, 2.05) is 11.0 Å². The van der Waals surface area contributed by atoms with Gasteiger partial charge in [-0.05, 0) is 45.2 Å².